The third-order valence-corrected chi connectivity index (χ3v) is 2.77. The summed E-state index contributed by atoms with van der Waals surface area (Å²) in [7, 11) is 0. The summed E-state index contributed by atoms with van der Waals surface area (Å²) in [4.78, 5) is 0. The average Bonchev–Trinajstić information content (AvgIpc) is 3.35. The zero-order chi connectivity index (χ0) is 13.9. The van der Waals surface area contributed by atoms with Gasteiger partial charge in [0.1, 0.15) is 0 Å². The van der Waals surface area contributed by atoms with Gasteiger partial charge in [-0.1, -0.05) is 0 Å². The molecule has 0 aliphatic rings. The molecule has 0 N–H and O–H groups in total. The summed E-state index contributed by atoms with van der Waals surface area (Å²) in [6.07, 6.45) is 0. The van der Waals surface area contributed by atoms with Gasteiger partial charge >= 0.3 is 0 Å². The van der Waals surface area contributed by atoms with E-state index in [0.29, 0.717) is 0 Å². The van der Waals surface area contributed by atoms with Crippen molar-refractivity contribution in [2.24, 2.45) is 0 Å². The van der Waals surface area contributed by atoms with Crippen molar-refractivity contribution in [1.29, 1.82) is 0 Å². The molecule has 0 aliphatic carbocycles. The first kappa shape index (κ1) is 23.9. The Bertz CT molecular complexity index is 510. The van der Waals surface area contributed by atoms with Crippen molar-refractivity contribution in [2.75, 3.05) is 0 Å². The van der Waals surface area contributed by atoms with Crippen molar-refractivity contribution in [1.82, 2.24) is 0 Å². The molecule has 4 aromatic carbocycles. The van der Waals surface area contributed by atoms with Gasteiger partial charge < -0.3 is 59.7 Å². The Hall–Kier alpha value is -1.34. The first-order valence-corrected chi connectivity index (χ1v) is 6.74. The van der Waals surface area contributed by atoms with E-state index >= 15 is 0 Å². The van der Waals surface area contributed by atoms with Crippen LogP contribution in [0.1, 0.15) is 0 Å². The van der Waals surface area contributed by atoms with Crippen molar-refractivity contribution in [3.63, 3.8) is 0 Å². The van der Waals surface area contributed by atoms with Crippen molar-refractivity contribution in [3.05, 3.63) is 109 Å². The maximum absolute atomic E-state index is 2.12. The second-order valence-corrected chi connectivity index (χ2v) is 4.27. The second kappa shape index (κ2) is 15.5. The predicted molar refractivity (Wildman–Crippen MR) is 98.5 cm³/mol. The molecule has 0 radical (unpaired) electrons. The molecular formula is C20H22Fe2Si-8. The molecule has 0 aromatic heterocycles. The predicted octanol–water partition coefficient (Wildman–Crippen LogP) is 4.15. The van der Waals surface area contributed by atoms with Gasteiger partial charge in [0.15, 0.2) is 0 Å². The van der Waals surface area contributed by atoms with Gasteiger partial charge in [0.2, 0.25) is 0 Å². The van der Waals surface area contributed by atoms with Crippen molar-refractivity contribution < 1.29 is 34.1 Å². The van der Waals surface area contributed by atoms with Crippen LogP contribution in [0, 0.1) is 0 Å². The summed E-state index contributed by atoms with van der Waals surface area (Å²) >= 11 is 0. The molecule has 0 spiro atoms. The van der Waals surface area contributed by atoms with E-state index in [0.717, 1.165) is 0 Å². The number of hydrogen-bond donors (Lipinski definition) is 0. The molecule has 3 heteroatoms. The van der Waals surface area contributed by atoms with Gasteiger partial charge in [-0.3, -0.25) is 0 Å². The standard InChI is InChI=1S/C10H8.2C5H5.2Fe.H4Si/c1-2-6-9(5-1)10-7-3-4-8-10;2*1-2-4-5-3-1;;;/h1-8H;2*1-5H;;;1H4/q-6;2*-1;;;. The molecule has 0 unspecified atom stereocenters. The monoisotopic (exact) mass is 402 g/mol. The van der Waals surface area contributed by atoms with Crippen molar-refractivity contribution in [2.45, 2.75) is 0 Å². The Morgan fingerprint density at radius 2 is 0.957 bits per heavy atom. The van der Waals surface area contributed by atoms with E-state index in [-0.39, 0.29) is 45.1 Å². The molecular weight excluding hydrogens is 380 g/mol. The van der Waals surface area contributed by atoms with E-state index in [4.69, 9.17) is 0 Å². The molecule has 0 amide bonds. The maximum atomic E-state index is 2.12. The molecule has 4 rings (SSSR count). The van der Waals surface area contributed by atoms with E-state index in [1.807, 2.05) is 60.7 Å². The molecule has 0 atom stereocenters. The van der Waals surface area contributed by atoms with Crippen LogP contribution in [0.4, 0.5) is 0 Å². The Kier molecular flexibility index (Phi) is 16.2. The Labute approximate surface area is 165 Å². The SMILES string of the molecule is [Fe].[Fe].[SiH4].c1cc[c-](-[c-]2[cH-][cH-][cH-][cH-]2)c1.c1cc[cH-]c1.c1cc[cH-]c1. The zero-order valence-electron chi connectivity index (χ0n) is 12.1. The summed E-state index contributed by atoms with van der Waals surface area (Å²) in [5, 5.41) is 0. The molecule has 0 heterocycles. The maximum Gasteiger partial charge on any atom is 0 e. The van der Waals surface area contributed by atoms with E-state index in [9.17, 15) is 0 Å². The topological polar surface area (TPSA) is 0 Å². The second-order valence-electron chi connectivity index (χ2n) is 4.27. The molecule has 23 heavy (non-hydrogen) atoms. The zero-order valence-corrected chi connectivity index (χ0v) is 14.3. The van der Waals surface area contributed by atoms with E-state index in [1.165, 1.54) is 11.1 Å². The minimum absolute atomic E-state index is 0. The van der Waals surface area contributed by atoms with Gasteiger partial charge in [-0.2, -0.15) is 36.4 Å². The fraction of sp³-hybridized carbons (Fsp3) is 0. The smallest absolute Gasteiger partial charge is 0 e. The Balaban J connectivity index is 0. The largest absolute Gasteiger partial charge is 0.565 e. The average molecular weight is 402 g/mol. The van der Waals surface area contributed by atoms with E-state index in [2.05, 4.69) is 48.5 Å². The molecule has 130 valence electrons. The molecule has 0 aliphatic heterocycles. The van der Waals surface area contributed by atoms with E-state index in [1.54, 1.807) is 0 Å². The van der Waals surface area contributed by atoms with Crippen LogP contribution < -0.4 is 0 Å². The van der Waals surface area contributed by atoms with Crippen LogP contribution in [-0.4, -0.2) is 11.0 Å². The summed E-state index contributed by atoms with van der Waals surface area (Å²) in [6, 6.07) is 36.7. The fourth-order valence-corrected chi connectivity index (χ4v) is 1.77. The summed E-state index contributed by atoms with van der Waals surface area (Å²) in [6.45, 7) is 0. The Morgan fingerprint density at radius 1 is 0.565 bits per heavy atom. The third kappa shape index (κ3) is 10.1. The van der Waals surface area contributed by atoms with Gasteiger partial charge in [-0.05, 0) is 11.0 Å². The molecule has 0 nitrogen and oxygen atoms in total. The van der Waals surface area contributed by atoms with E-state index < -0.39 is 0 Å². The third-order valence-electron chi connectivity index (χ3n) is 2.77. The minimum atomic E-state index is 0. The van der Waals surface area contributed by atoms with Crippen LogP contribution in [-0.2, 0) is 34.1 Å². The number of rotatable bonds is 1. The van der Waals surface area contributed by atoms with Crippen LogP contribution in [0.3, 0.4) is 0 Å². The van der Waals surface area contributed by atoms with Gasteiger partial charge in [-0.25, -0.2) is 24.3 Å². The first-order chi connectivity index (χ1) is 9.97. The number of hydrogen-bond acceptors (Lipinski definition) is 0. The minimum Gasteiger partial charge on any atom is -0.565 e. The first-order valence-electron chi connectivity index (χ1n) is 6.74. The van der Waals surface area contributed by atoms with Crippen LogP contribution >= 0.6 is 0 Å². The fourth-order valence-electron chi connectivity index (χ4n) is 1.77. The van der Waals surface area contributed by atoms with Gasteiger partial charge in [0.25, 0.3) is 0 Å². The quantitative estimate of drug-likeness (QED) is 0.332. The molecule has 0 saturated heterocycles. The molecule has 0 bridgehead atoms. The summed E-state index contributed by atoms with van der Waals surface area (Å²) in [5.41, 5.74) is 2.62. The summed E-state index contributed by atoms with van der Waals surface area (Å²) < 4.78 is 0. The molecule has 0 fully saturated rings. The van der Waals surface area contributed by atoms with Crippen LogP contribution in [0.2, 0.25) is 0 Å². The normalized spacial score (nSPS) is 7.83. The van der Waals surface area contributed by atoms with Crippen LogP contribution in [0.5, 0.6) is 0 Å². The van der Waals surface area contributed by atoms with Crippen molar-refractivity contribution in [3.8, 4) is 11.1 Å². The molecule has 0 saturated carbocycles. The van der Waals surface area contributed by atoms with Crippen molar-refractivity contribution >= 4 is 11.0 Å². The summed E-state index contributed by atoms with van der Waals surface area (Å²) in [5.74, 6) is 0. The molecule has 4 aromatic rings. The Morgan fingerprint density at radius 3 is 1.26 bits per heavy atom. The van der Waals surface area contributed by atoms with Crippen LogP contribution in [0.15, 0.2) is 109 Å². The van der Waals surface area contributed by atoms with Gasteiger partial charge in [0, 0.05) is 34.1 Å². The van der Waals surface area contributed by atoms with Gasteiger partial charge in [0.05, 0.1) is 0 Å². The van der Waals surface area contributed by atoms with Gasteiger partial charge in [-0.15, -0.1) is 0 Å². The van der Waals surface area contributed by atoms with Crippen LogP contribution in [0.25, 0.3) is 11.1 Å².